The van der Waals surface area contributed by atoms with Crippen LogP contribution in [0.5, 0.6) is 0 Å². The van der Waals surface area contributed by atoms with Crippen LogP contribution in [0.4, 0.5) is 26.7 Å². The number of fused-ring (bicyclic) bond motifs is 4. The Morgan fingerprint density at radius 2 is 0.859 bits per heavy atom. The van der Waals surface area contributed by atoms with Crippen LogP contribution in [-0.4, -0.2) is 175 Å². The number of hydrogen-bond donors (Lipinski definition) is 9. The quantitative estimate of drug-likeness (QED) is 0.0362. The molecule has 0 spiro atoms. The third-order valence-corrected chi connectivity index (χ3v) is 13.9. The number of likely N-dealkylation sites (N-methyl/N-ethyl adjacent to an activating group) is 2. The van der Waals surface area contributed by atoms with Crippen molar-refractivity contribution < 1.29 is 48.5 Å². The third kappa shape index (κ3) is 20.5. The van der Waals surface area contributed by atoms with Crippen molar-refractivity contribution >= 4 is 81.2 Å². The van der Waals surface area contributed by atoms with E-state index in [0.717, 1.165) is 92.8 Å². The van der Waals surface area contributed by atoms with Crippen molar-refractivity contribution in [3.8, 4) is 11.4 Å². The van der Waals surface area contributed by atoms with Crippen LogP contribution in [0.2, 0.25) is 0 Å². The summed E-state index contributed by atoms with van der Waals surface area (Å²) in [4.78, 5) is 96.2. The highest BCUT2D eigenvalue weighted by atomic mass is 16.6. The van der Waals surface area contributed by atoms with E-state index < -0.39 is 35.3 Å². The molecule has 0 unspecified atom stereocenters. The van der Waals surface area contributed by atoms with E-state index in [1.54, 1.807) is 57.2 Å². The van der Waals surface area contributed by atoms with Crippen LogP contribution in [0.25, 0.3) is 22.4 Å². The van der Waals surface area contributed by atoms with Gasteiger partial charge >= 0.3 is 24.1 Å². The van der Waals surface area contributed by atoms with Gasteiger partial charge in [-0.1, -0.05) is 48.5 Å². The van der Waals surface area contributed by atoms with Crippen molar-refractivity contribution in [3.63, 3.8) is 0 Å². The zero-order valence-corrected chi connectivity index (χ0v) is 53.8. The summed E-state index contributed by atoms with van der Waals surface area (Å²) in [5.74, 6) is -1.56. The maximum absolute atomic E-state index is 12.7. The van der Waals surface area contributed by atoms with Gasteiger partial charge in [0.1, 0.15) is 17.0 Å². The summed E-state index contributed by atoms with van der Waals surface area (Å²) in [7, 11) is 7.97. The molecule has 10 rings (SSSR count). The summed E-state index contributed by atoms with van der Waals surface area (Å²) < 4.78 is 10.1. The highest BCUT2D eigenvalue weighted by molar-refractivity contribution is 6.10. The van der Waals surface area contributed by atoms with Crippen LogP contribution in [0.15, 0.2) is 136 Å². The number of carbonyl (C=O) groups is 6. The fraction of sp³-hybridized carbons (Fsp3) is 0.333. The number of hydrogen-bond acceptors (Lipinski definition) is 16. The molecule has 23 heteroatoms. The number of carboxylic acids is 2. The van der Waals surface area contributed by atoms with E-state index in [1.165, 1.54) is 6.07 Å². The lowest BCUT2D eigenvalue weighted by molar-refractivity contribution is 0.0517. The summed E-state index contributed by atoms with van der Waals surface area (Å²) >= 11 is 0. The van der Waals surface area contributed by atoms with E-state index in [-0.39, 0.29) is 36.0 Å². The van der Waals surface area contributed by atoms with Gasteiger partial charge in [-0.15, -0.1) is 0 Å². The number of amides is 4. The highest BCUT2D eigenvalue weighted by Crippen LogP contribution is 2.34. The minimum atomic E-state index is -0.980. The number of imidazole rings is 1. The predicted molar refractivity (Wildman–Crippen MR) is 359 cm³/mol. The molecule has 3 aliphatic heterocycles. The van der Waals surface area contributed by atoms with Crippen molar-refractivity contribution in [1.29, 1.82) is 0 Å². The number of aliphatic imine (C=N–C) groups is 3. The molecule has 11 N–H and O–H groups in total. The third-order valence-electron chi connectivity index (χ3n) is 13.9. The highest BCUT2D eigenvalue weighted by Gasteiger charge is 2.23. The van der Waals surface area contributed by atoms with Gasteiger partial charge < -0.3 is 67.2 Å². The average molecular weight is 1250 g/mol. The Morgan fingerprint density at radius 1 is 0.478 bits per heavy atom. The second-order valence-electron chi connectivity index (χ2n) is 24.4. The maximum atomic E-state index is 12.7. The standard InChI is InChI=1S/C35H40N6O4.C23H15N3O4.C7H16N2O2.C4H12N2/c1-35(2,3)45-34(44)38-15-14-36-32(42)24-10-12-28-26(18-24)20-30(39-28)22-6-8-23(9-7-22)31-21-27-19-25(11-13-29(27)40-31)33(43)37-16-17-41(4)5;27-22(28)14-5-7-17-16(9-14)11-19(24-17)12-1-3-13(4-2-12)21-25-18-8-6-15(23(29)30)10-20(18)26-21;1-7(2,3)11-6(10)9-5-4-8;1-6(2)4-3-5/h6-13,18-19H,14-17,20-21H2,1-5H3,(H,36,42)(H,37,43)(H,38,44);1-10H,11H2,(H,25,26)(H,27,28)(H,29,30);4-5,8H2,1-3H3,(H,9,10);3-5H2,1-2H3. The number of nitrogens with zero attached hydrogens (tertiary/aromatic N) is 6. The molecule has 4 amide bonds. The minimum absolute atomic E-state index is 0.0730. The number of aromatic carboxylic acids is 2. The Labute approximate surface area is 535 Å². The Hall–Kier alpha value is -9.94. The number of nitrogens with two attached hydrogens (primary N) is 2. The molecule has 23 nitrogen and oxygen atoms in total. The number of alkyl carbamates (subject to hydrolysis) is 2. The zero-order chi connectivity index (χ0) is 66.9. The molecule has 0 saturated heterocycles. The Kier molecular flexibility index (Phi) is 23.9. The lowest BCUT2D eigenvalue weighted by Crippen LogP contribution is -2.37. The maximum Gasteiger partial charge on any atom is 0.407 e. The van der Waals surface area contributed by atoms with Gasteiger partial charge in [0, 0.05) is 88.3 Å². The van der Waals surface area contributed by atoms with Gasteiger partial charge in [-0.2, -0.15) is 0 Å². The van der Waals surface area contributed by atoms with Gasteiger partial charge in [0.25, 0.3) is 11.8 Å². The Bertz CT molecular complexity index is 3900. The number of carbonyl (C=O) groups excluding carboxylic acids is 4. The molecule has 3 aliphatic rings. The van der Waals surface area contributed by atoms with Crippen LogP contribution in [0.3, 0.4) is 0 Å². The second-order valence-corrected chi connectivity index (χ2v) is 24.4. The first kappa shape index (κ1) is 69.5. The lowest BCUT2D eigenvalue weighted by Gasteiger charge is -2.19. The first-order valence-corrected chi connectivity index (χ1v) is 30.1. The number of aromatic amines is 1. The Balaban J connectivity index is 0.000000217. The van der Waals surface area contributed by atoms with Crippen LogP contribution < -0.4 is 32.7 Å². The van der Waals surface area contributed by atoms with Crippen molar-refractivity contribution in [2.24, 2.45) is 26.4 Å². The molecule has 0 saturated carbocycles. The first-order valence-electron chi connectivity index (χ1n) is 30.1. The number of aromatic nitrogens is 2. The molecular formula is C69H83N13O10. The summed E-state index contributed by atoms with van der Waals surface area (Å²) in [5, 5.41) is 29.2. The largest absolute Gasteiger partial charge is 0.478 e. The predicted octanol–water partition coefficient (Wildman–Crippen LogP) is 8.87. The van der Waals surface area contributed by atoms with Crippen molar-refractivity contribution in [3.05, 3.63) is 177 Å². The van der Waals surface area contributed by atoms with Gasteiger partial charge in [0.2, 0.25) is 0 Å². The summed E-state index contributed by atoms with van der Waals surface area (Å²) in [5.41, 5.74) is 24.5. The van der Waals surface area contributed by atoms with E-state index in [2.05, 4.69) is 65.4 Å². The van der Waals surface area contributed by atoms with Crippen LogP contribution in [-0.2, 0) is 28.7 Å². The van der Waals surface area contributed by atoms with Crippen LogP contribution >= 0.6 is 0 Å². The number of benzene rings is 6. The minimum Gasteiger partial charge on any atom is -0.478 e. The average Bonchev–Trinajstić information content (AvgIpc) is 1.68. The van der Waals surface area contributed by atoms with E-state index >= 15 is 0 Å². The summed E-state index contributed by atoms with van der Waals surface area (Å²) in [6.45, 7) is 15.4. The number of carboxylic acid groups (broad SMARTS) is 2. The molecule has 0 aliphatic carbocycles. The fourth-order valence-corrected chi connectivity index (χ4v) is 9.47. The molecule has 6 aromatic carbocycles. The monoisotopic (exact) mass is 1250 g/mol. The van der Waals surface area contributed by atoms with Crippen molar-refractivity contribution in [2.45, 2.75) is 72.0 Å². The zero-order valence-electron chi connectivity index (χ0n) is 53.8. The number of rotatable bonds is 18. The van der Waals surface area contributed by atoms with Crippen LogP contribution in [0.1, 0.15) is 116 Å². The van der Waals surface area contributed by atoms with Gasteiger partial charge in [0.15, 0.2) is 0 Å². The lowest BCUT2D eigenvalue weighted by atomic mass is 9.98. The number of H-pyrrole nitrogens is 1. The van der Waals surface area contributed by atoms with Crippen molar-refractivity contribution in [1.82, 2.24) is 41.0 Å². The molecule has 0 bridgehead atoms. The summed E-state index contributed by atoms with van der Waals surface area (Å²) in [6.07, 6.45) is 0.949. The smallest absolute Gasteiger partial charge is 0.407 e. The van der Waals surface area contributed by atoms with E-state index in [1.807, 2.05) is 108 Å². The number of ether oxygens (including phenoxy) is 2. The van der Waals surface area contributed by atoms with E-state index in [4.69, 9.17) is 41.1 Å². The summed E-state index contributed by atoms with van der Waals surface area (Å²) in [6, 6.07) is 36.9. The molecule has 484 valence electrons. The van der Waals surface area contributed by atoms with Gasteiger partial charge in [-0.05, 0) is 176 Å². The first-order chi connectivity index (χ1) is 43.6. The molecule has 0 fully saturated rings. The van der Waals surface area contributed by atoms with Crippen LogP contribution in [0, 0.1) is 0 Å². The van der Waals surface area contributed by atoms with Gasteiger partial charge in [-0.3, -0.25) is 24.6 Å². The normalized spacial score (nSPS) is 12.7. The van der Waals surface area contributed by atoms with Crippen molar-refractivity contribution in [2.75, 3.05) is 80.5 Å². The van der Waals surface area contributed by atoms with E-state index in [0.29, 0.717) is 66.9 Å². The van der Waals surface area contributed by atoms with E-state index in [9.17, 15) is 28.8 Å². The molecule has 0 atom stereocenters. The SMILES string of the molecule is CC(C)(C)OC(=O)NCCN.CN(C)CCN.CN(C)CCNC(=O)c1ccc2c(c1)CC(c1ccc(C3=Nc4ccc(C(=O)NCCNC(=O)OC(C)(C)C)cc4C3)cc1)=N2.O=C(O)c1ccc2c(c1)CC(c1ccc(-c3nc4ccc(C(=O)O)cc4[nH]3)cc1)=N2. The molecule has 92 heavy (non-hydrogen) atoms. The van der Waals surface area contributed by atoms with Gasteiger partial charge in [-0.25, -0.2) is 24.2 Å². The fourth-order valence-electron chi connectivity index (χ4n) is 9.47. The molecule has 1 aromatic heterocycles. The Morgan fingerprint density at radius 3 is 1.26 bits per heavy atom. The molecular weight excluding hydrogens is 1170 g/mol. The molecule has 4 heterocycles. The molecule has 7 aromatic rings. The second kappa shape index (κ2) is 31.7. The molecule has 0 radical (unpaired) electrons. The number of nitrogens with one attached hydrogen (secondary N) is 5. The topological polar surface area (TPSA) is 334 Å². The van der Waals surface area contributed by atoms with Gasteiger partial charge in [0.05, 0.1) is 56.4 Å².